The minimum absolute atomic E-state index is 0.541. The van der Waals surface area contributed by atoms with Crippen LogP contribution in [0.15, 0.2) is 29.8 Å². The van der Waals surface area contributed by atoms with Crippen LogP contribution in [-0.2, 0) is 6.42 Å². The van der Waals surface area contributed by atoms with Crippen LogP contribution in [0.5, 0.6) is 0 Å². The molecule has 19 heavy (non-hydrogen) atoms. The zero-order valence-corrected chi connectivity index (χ0v) is 11.6. The fraction of sp³-hybridized carbons (Fsp3) is 0.529. The predicted molar refractivity (Wildman–Crippen MR) is 81.1 cm³/mol. The smallest absolute Gasteiger partial charge is 0.0326 e. The lowest BCUT2D eigenvalue weighted by atomic mass is 9.97. The average Bonchev–Trinajstić information content (AvgIpc) is 2.82. The van der Waals surface area contributed by atoms with Crippen molar-refractivity contribution in [3.8, 4) is 0 Å². The van der Waals surface area contributed by atoms with Gasteiger partial charge in [-0.15, -0.1) is 0 Å². The molecule has 2 aliphatic rings. The summed E-state index contributed by atoms with van der Waals surface area (Å²) < 4.78 is 0. The lowest BCUT2D eigenvalue weighted by molar-refractivity contribution is 0.525. The molecule has 0 saturated carbocycles. The Hall–Kier alpha value is -1.28. The van der Waals surface area contributed by atoms with E-state index in [1.165, 1.54) is 56.1 Å². The van der Waals surface area contributed by atoms with Crippen LogP contribution in [0.2, 0.25) is 0 Å². The molecule has 1 unspecified atom stereocenters. The summed E-state index contributed by atoms with van der Waals surface area (Å²) in [5.41, 5.74) is 11.3. The summed E-state index contributed by atoms with van der Waals surface area (Å²) in [5, 5.41) is 3.72. The highest BCUT2D eigenvalue weighted by Gasteiger charge is 2.21. The Morgan fingerprint density at radius 2 is 2.16 bits per heavy atom. The van der Waals surface area contributed by atoms with Crippen molar-refractivity contribution in [3.63, 3.8) is 0 Å². The van der Waals surface area contributed by atoms with Gasteiger partial charge in [-0.1, -0.05) is 17.7 Å². The highest BCUT2D eigenvalue weighted by atomic mass is 14.9. The van der Waals surface area contributed by atoms with Crippen LogP contribution in [0.3, 0.4) is 0 Å². The van der Waals surface area contributed by atoms with Gasteiger partial charge in [-0.2, -0.15) is 0 Å². The van der Waals surface area contributed by atoms with Gasteiger partial charge in [-0.3, -0.25) is 0 Å². The number of nitrogen functional groups attached to an aromatic ring is 1. The van der Waals surface area contributed by atoms with Crippen LogP contribution in [-0.4, -0.2) is 6.54 Å². The summed E-state index contributed by atoms with van der Waals surface area (Å²) in [4.78, 5) is 0. The van der Waals surface area contributed by atoms with Crippen LogP contribution >= 0.6 is 0 Å². The molecule has 3 N–H and O–H groups in total. The number of aryl methyl sites for hydroxylation is 1. The molecular formula is C17H24N2. The van der Waals surface area contributed by atoms with E-state index in [4.69, 9.17) is 5.73 Å². The lowest BCUT2D eigenvalue weighted by Crippen LogP contribution is -2.21. The van der Waals surface area contributed by atoms with E-state index in [-0.39, 0.29) is 0 Å². The fourth-order valence-corrected chi connectivity index (χ4v) is 3.39. The van der Waals surface area contributed by atoms with Crippen LogP contribution < -0.4 is 11.1 Å². The largest absolute Gasteiger partial charge is 0.399 e. The van der Waals surface area contributed by atoms with Crippen molar-refractivity contribution in [1.29, 1.82) is 0 Å². The molecule has 0 radical (unpaired) electrons. The van der Waals surface area contributed by atoms with Gasteiger partial charge in [-0.05, 0) is 74.8 Å². The first-order valence-electron chi connectivity index (χ1n) is 7.62. The number of allylic oxidation sites excluding steroid dienone is 1. The van der Waals surface area contributed by atoms with E-state index >= 15 is 0 Å². The van der Waals surface area contributed by atoms with Crippen molar-refractivity contribution in [2.75, 3.05) is 12.3 Å². The standard InChI is InChI=1S/C17H24N2/c18-15-7-8-16-14(12-15)6-9-17(16)19-11-10-13-4-2-1-3-5-13/h4,7-8,12,17,19H,1-3,5-6,9-11,18H2. The van der Waals surface area contributed by atoms with E-state index < -0.39 is 0 Å². The second-order valence-electron chi connectivity index (χ2n) is 5.86. The third kappa shape index (κ3) is 3.01. The summed E-state index contributed by atoms with van der Waals surface area (Å²) in [6.45, 7) is 1.11. The summed E-state index contributed by atoms with van der Waals surface area (Å²) in [6.07, 6.45) is 11.4. The number of rotatable bonds is 4. The van der Waals surface area contributed by atoms with Gasteiger partial charge in [0.2, 0.25) is 0 Å². The molecule has 2 heteroatoms. The molecule has 0 amide bonds. The molecule has 0 spiro atoms. The Balaban J connectivity index is 1.53. The lowest BCUT2D eigenvalue weighted by Gasteiger charge is -2.17. The van der Waals surface area contributed by atoms with E-state index in [0.717, 1.165) is 12.2 Å². The number of nitrogens with one attached hydrogen (secondary N) is 1. The molecule has 0 heterocycles. The molecule has 0 bridgehead atoms. The van der Waals surface area contributed by atoms with Crippen LogP contribution in [0, 0.1) is 0 Å². The first-order valence-corrected chi connectivity index (χ1v) is 7.62. The molecule has 1 atom stereocenters. The number of hydrogen-bond donors (Lipinski definition) is 2. The molecule has 3 rings (SSSR count). The zero-order chi connectivity index (χ0) is 13.1. The van der Waals surface area contributed by atoms with Gasteiger partial charge in [0.05, 0.1) is 0 Å². The molecular weight excluding hydrogens is 232 g/mol. The Morgan fingerprint density at radius 3 is 3.00 bits per heavy atom. The second-order valence-corrected chi connectivity index (χ2v) is 5.86. The summed E-state index contributed by atoms with van der Waals surface area (Å²) in [7, 11) is 0. The van der Waals surface area contributed by atoms with Gasteiger partial charge in [0.1, 0.15) is 0 Å². The zero-order valence-electron chi connectivity index (χ0n) is 11.6. The summed E-state index contributed by atoms with van der Waals surface area (Å²) >= 11 is 0. The number of nitrogens with two attached hydrogens (primary N) is 1. The van der Waals surface area contributed by atoms with Crippen molar-refractivity contribution < 1.29 is 0 Å². The van der Waals surface area contributed by atoms with Gasteiger partial charge in [0.25, 0.3) is 0 Å². The fourth-order valence-electron chi connectivity index (χ4n) is 3.39. The van der Waals surface area contributed by atoms with Gasteiger partial charge in [0, 0.05) is 11.7 Å². The Morgan fingerprint density at radius 1 is 1.21 bits per heavy atom. The Labute approximate surface area is 116 Å². The Kier molecular flexibility index (Phi) is 3.88. The van der Waals surface area contributed by atoms with Gasteiger partial charge in [-0.25, -0.2) is 0 Å². The number of hydrogen-bond acceptors (Lipinski definition) is 2. The van der Waals surface area contributed by atoms with E-state index in [1.54, 1.807) is 5.57 Å². The molecule has 0 fully saturated rings. The van der Waals surface area contributed by atoms with Crippen molar-refractivity contribution in [1.82, 2.24) is 5.32 Å². The monoisotopic (exact) mass is 256 g/mol. The maximum absolute atomic E-state index is 5.85. The highest BCUT2D eigenvalue weighted by molar-refractivity contribution is 5.47. The number of anilines is 1. The molecule has 2 nitrogen and oxygen atoms in total. The summed E-state index contributed by atoms with van der Waals surface area (Å²) in [5.74, 6) is 0. The normalized spacial score (nSPS) is 22.1. The second kappa shape index (κ2) is 5.79. The van der Waals surface area contributed by atoms with Crippen molar-refractivity contribution in [2.24, 2.45) is 0 Å². The van der Waals surface area contributed by atoms with E-state index in [1.807, 2.05) is 6.07 Å². The molecule has 1 aromatic carbocycles. The quantitative estimate of drug-likeness (QED) is 0.636. The molecule has 0 aromatic heterocycles. The van der Waals surface area contributed by atoms with E-state index in [9.17, 15) is 0 Å². The molecule has 2 aliphatic carbocycles. The van der Waals surface area contributed by atoms with Gasteiger partial charge in [0.15, 0.2) is 0 Å². The topological polar surface area (TPSA) is 38.0 Å². The first-order chi connectivity index (χ1) is 9.33. The first kappa shape index (κ1) is 12.7. The minimum atomic E-state index is 0.541. The number of fused-ring (bicyclic) bond motifs is 1. The molecule has 102 valence electrons. The minimum Gasteiger partial charge on any atom is -0.399 e. The maximum atomic E-state index is 5.85. The third-order valence-corrected chi connectivity index (χ3v) is 4.47. The number of benzene rings is 1. The van der Waals surface area contributed by atoms with Crippen molar-refractivity contribution >= 4 is 5.69 Å². The van der Waals surface area contributed by atoms with Crippen LogP contribution in [0.1, 0.15) is 55.7 Å². The van der Waals surface area contributed by atoms with Gasteiger partial charge >= 0.3 is 0 Å². The van der Waals surface area contributed by atoms with Crippen LogP contribution in [0.25, 0.3) is 0 Å². The molecule has 1 aromatic rings. The average molecular weight is 256 g/mol. The molecule has 0 aliphatic heterocycles. The van der Waals surface area contributed by atoms with Gasteiger partial charge < -0.3 is 11.1 Å². The van der Waals surface area contributed by atoms with Crippen molar-refractivity contribution in [2.45, 2.75) is 51.0 Å². The Bertz CT molecular complexity index is 476. The van der Waals surface area contributed by atoms with E-state index in [2.05, 4.69) is 23.5 Å². The van der Waals surface area contributed by atoms with E-state index in [0.29, 0.717) is 6.04 Å². The molecule has 0 saturated heterocycles. The predicted octanol–water partition coefficient (Wildman–Crippen LogP) is 3.74. The van der Waals surface area contributed by atoms with Crippen LogP contribution in [0.4, 0.5) is 5.69 Å². The van der Waals surface area contributed by atoms with Crippen molar-refractivity contribution in [3.05, 3.63) is 41.0 Å². The SMILES string of the molecule is Nc1ccc2c(c1)CCC2NCCC1=CCCCC1. The summed E-state index contributed by atoms with van der Waals surface area (Å²) in [6, 6.07) is 6.91. The maximum Gasteiger partial charge on any atom is 0.0326 e. The highest BCUT2D eigenvalue weighted by Crippen LogP contribution is 2.32. The third-order valence-electron chi connectivity index (χ3n) is 4.47.